The van der Waals surface area contributed by atoms with Gasteiger partial charge in [-0.05, 0) is 50.9 Å². The highest BCUT2D eigenvalue weighted by Gasteiger charge is 2.53. The summed E-state index contributed by atoms with van der Waals surface area (Å²) in [5.74, 6) is -0.560. The first kappa shape index (κ1) is 22.0. The molecule has 0 radical (unpaired) electrons. The van der Waals surface area contributed by atoms with Crippen LogP contribution in [-0.4, -0.2) is 60.0 Å². The van der Waals surface area contributed by atoms with Crippen molar-refractivity contribution in [3.05, 3.63) is 0 Å². The highest BCUT2D eigenvalue weighted by atomic mass is 32.2. The summed E-state index contributed by atoms with van der Waals surface area (Å²) in [5.41, 5.74) is 1.59. The van der Waals surface area contributed by atoms with Crippen molar-refractivity contribution in [2.24, 2.45) is 11.8 Å². The molecule has 2 N–H and O–H groups in total. The van der Waals surface area contributed by atoms with Gasteiger partial charge in [-0.15, -0.1) is 0 Å². The molecule has 0 aromatic carbocycles. The number of urea groups is 1. The lowest BCUT2D eigenvalue weighted by Gasteiger charge is -2.33. The van der Waals surface area contributed by atoms with Crippen LogP contribution >= 0.6 is 0 Å². The van der Waals surface area contributed by atoms with Gasteiger partial charge in [0.2, 0.25) is 15.9 Å². The Morgan fingerprint density at radius 2 is 1.79 bits per heavy atom. The minimum absolute atomic E-state index is 0.128. The fourth-order valence-corrected chi connectivity index (χ4v) is 6.05. The van der Waals surface area contributed by atoms with Crippen molar-refractivity contribution >= 4 is 27.9 Å². The molecule has 3 fully saturated rings. The molecule has 2 saturated heterocycles. The molecule has 10 heteroatoms. The third-order valence-corrected chi connectivity index (χ3v) is 8.44. The second kappa shape index (κ2) is 8.59. The molecule has 1 spiro atoms. The topological polar surface area (TPSA) is 116 Å². The van der Waals surface area contributed by atoms with Gasteiger partial charge in [-0.2, -0.15) is 5.01 Å². The maximum Gasteiger partial charge on any atom is 0.344 e. The van der Waals surface area contributed by atoms with Gasteiger partial charge < -0.3 is 5.32 Å². The zero-order valence-electron chi connectivity index (χ0n) is 17.3. The maximum absolute atomic E-state index is 12.8. The summed E-state index contributed by atoms with van der Waals surface area (Å²) in [6.07, 6.45) is 5.07. The molecule has 164 valence electrons. The summed E-state index contributed by atoms with van der Waals surface area (Å²) < 4.78 is 26.0. The summed E-state index contributed by atoms with van der Waals surface area (Å²) in [7, 11) is -3.28. The first-order chi connectivity index (χ1) is 13.7. The minimum Gasteiger partial charge on any atom is -0.322 e. The van der Waals surface area contributed by atoms with Gasteiger partial charge in [0.15, 0.2) is 0 Å². The van der Waals surface area contributed by atoms with Crippen LogP contribution in [0.2, 0.25) is 0 Å². The molecule has 3 rings (SSSR count). The van der Waals surface area contributed by atoms with Crippen LogP contribution in [-0.2, 0) is 19.6 Å². The molecule has 9 nitrogen and oxygen atoms in total. The number of imide groups is 1. The third kappa shape index (κ3) is 4.58. The van der Waals surface area contributed by atoms with Crippen LogP contribution in [0.25, 0.3) is 0 Å². The molecule has 2 aliphatic heterocycles. The maximum atomic E-state index is 12.8. The molecule has 1 saturated carbocycles. The second-order valence-corrected chi connectivity index (χ2v) is 10.7. The van der Waals surface area contributed by atoms with Crippen LogP contribution < -0.4 is 10.7 Å². The van der Waals surface area contributed by atoms with Gasteiger partial charge in [0.1, 0.15) is 5.54 Å². The van der Waals surface area contributed by atoms with Crippen LogP contribution in [0.15, 0.2) is 0 Å². The normalized spacial score (nSPS) is 29.3. The van der Waals surface area contributed by atoms with Crippen molar-refractivity contribution < 1.29 is 22.8 Å². The number of carbonyl (C=O) groups excluding carboxylic acids is 3. The monoisotopic (exact) mass is 428 g/mol. The van der Waals surface area contributed by atoms with Gasteiger partial charge in [0.25, 0.3) is 5.91 Å². The fraction of sp³-hybridized carbons (Fsp3) is 0.842. The second-order valence-electron chi connectivity index (χ2n) is 8.65. The van der Waals surface area contributed by atoms with Crippen LogP contribution in [0.1, 0.15) is 65.2 Å². The van der Waals surface area contributed by atoms with Gasteiger partial charge in [-0.3, -0.25) is 15.0 Å². The Labute approximate surface area is 172 Å². The van der Waals surface area contributed by atoms with Crippen molar-refractivity contribution in [3.63, 3.8) is 0 Å². The molecule has 4 amide bonds. The lowest BCUT2D eigenvalue weighted by atomic mass is 9.77. The Morgan fingerprint density at radius 3 is 2.38 bits per heavy atom. The Balaban J connectivity index is 1.55. The van der Waals surface area contributed by atoms with Gasteiger partial charge in [-0.1, -0.05) is 20.3 Å². The van der Waals surface area contributed by atoms with E-state index in [2.05, 4.69) is 17.7 Å². The molecule has 0 unspecified atom stereocenters. The molecule has 0 aromatic heterocycles. The Bertz CT molecular complexity index is 753. The van der Waals surface area contributed by atoms with E-state index in [-0.39, 0.29) is 24.7 Å². The first-order valence-corrected chi connectivity index (χ1v) is 12.2. The summed E-state index contributed by atoms with van der Waals surface area (Å²) in [5, 5.41) is 3.60. The molecule has 0 atom stereocenters. The highest BCUT2D eigenvalue weighted by Crippen LogP contribution is 2.36. The number of piperidine rings is 1. The number of carbonyl (C=O) groups is 3. The number of amides is 4. The average molecular weight is 429 g/mol. The third-order valence-electron chi connectivity index (χ3n) is 6.49. The predicted octanol–water partition coefficient (Wildman–Crippen LogP) is 1.36. The van der Waals surface area contributed by atoms with Crippen molar-refractivity contribution in [3.8, 4) is 0 Å². The number of nitrogens with zero attached hydrogens (tertiary/aromatic N) is 2. The van der Waals surface area contributed by atoms with Crippen LogP contribution in [0, 0.1) is 11.8 Å². The standard InChI is InChI=1S/C19H32N4O5S/c1-3-4-13-29(27,28)22-11-7-15(8-12-22)16(24)21-23-17(25)19(20-18(23)26)9-5-14(2)6-10-19/h14-15H,3-13H2,1-2H3,(H,20,26)(H,21,24). The van der Waals surface area contributed by atoms with E-state index in [1.165, 1.54) is 4.31 Å². The lowest BCUT2D eigenvalue weighted by molar-refractivity contribution is -0.142. The largest absolute Gasteiger partial charge is 0.344 e. The minimum atomic E-state index is -3.28. The Morgan fingerprint density at radius 1 is 1.17 bits per heavy atom. The van der Waals surface area contributed by atoms with Crippen molar-refractivity contribution in [2.45, 2.75) is 70.8 Å². The summed E-state index contributed by atoms with van der Waals surface area (Å²) in [6.45, 7) is 4.64. The number of hydrogen-bond acceptors (Lipinski definition) is 5. The van der Waals surface area contributed by atoms with E-state index in [0.717, 1.165) is 24.3 Å². The molecule has 29 heavy (non-hydrogen) atoms. The van der Waals surface area contributed by atoms with E-state index in [9.17, 15) is 22.8 Å². The van der Waals surface area contributed by atoms with Gasteiger partial charge in [0.05, 0.1) is 5.75 Å². The van der Waals surface area contributed by atoms with E-state index in [0.29, 0.717) is 38.0 Å². The van der Waals surface area contributed by atoms with E-state index >= 15 is 0 Å². The SMILES string of the molecule is CCCCS(=O)(=O)N1CCC(C(=O)NN2C(=O)NC3(CCC(C)CC3)C2=O)CC1. The number of rotatable bonds is 6. The van der Waals surface area contributed by atoms with Crippen molar-refractivity contribution in [1.29, 1.82) is 0 Å². The highest BCUT2D eigenvalue weighted by molar-refractivity contribution is 7.89. The quantitative estimate of drug-likeness (QED) is 0.620. The average Bonchev–Trinajstić information content (AvgIpc) is 2.93. The summed E-state index contributed by atoms with van der Waals surface area (Å²) in [6, 6.07) is -0.586. The zero-order chi connectivity index (χ0) is 21.2. The number of unbranched alkanes of at least 4 members (excludes halogenated alkanes) is 1. The van der Waals surface area contributed by atoms with Crippen molar-refractivity contribution in [2.75, 3.05) is 18.8 Å². The summed E-state index contributed by atoms with van der Waals surface area (Å²) in [4.78, 5) is 37.8. The zero-order valence-corrected chi connectivity index (χ0v) is 18.1. The molecular formula is C19H32N4O5S. The number of nitrogens with one attached hydrogen (secondary N) is 2. The molecule has 0 aromatic rings. The van der Waals surface area contributed by atoms with E-state index in [1.807, 2.05) is 6.92 Å². The lowest BCUT2D eigenvalue weighted by Crippen LogP contribution is -2.53. The van der Waals surface area contributed by atoms with E-state index in [4.69, 9.17) is 0 Å². The molecule has 2 heterocycles. The molecule has 3 aliphatic rings. The molecule has 0 bridgehead atoms. The smallest absolute Gasteiger partial charge is 0.322 e. The summed E-state index contributed by atoms with van der Waals surface area (Å²) >= 11 is 0. The number of hydrazine groups is 1. The fourth-order valence-electron chi connectivity index (χ4n) is 4.37. The number of hydrogen-bond donors (Lipinski definition) is 2. The van der Waals surface area contributed by atoms with E-state index in [1.54, 1.807) is 0 Å². The molecular weight excluding hydrogens is 396 g/mol. The first-order valence-electron chi connectivity index (χ1n) is 10.6. The number of sulfonamides is 1. The van der Waals surface area contributed by atoms with Crippen LogP contribution in [0.5, 0.6) is 0 Å². The van der Waals surface area contributed by atoms with Gasteiger partial charge in [0, 0.05) is 19.0 Å². The predicted molar refractivity (Wildman–Crippen MR) is 107 cm³/mol. The van der Waals surface area contributed by atoms with E-state index < -0.39 is 33.4 Å². The van der Waals surface area contributed by atoms with Crippen LogP contribution in [0.4, 0.5) is 4.79 Å². The Kier molecular flexibility index (Phi) is 6.52. The molecule has 1 aliphatic carbocycles. The Hall–Kier alpha value is -1.68. The van der Waals surface area contributed by atoms with Gasteiger partial charge >= 0.3 is 6.03 Å². The van der Waals surface area contributed by atoms with Crippen molar-refractivity contribution in [1.82, 2.24) is 20.1 Å². The van der Waals surface area contributed by atoms with Gasteiger partial charge in [-0.25, -0.2) is 17.5 Å². The van der Waals surface area contributed by atoms with Crippen LogP contribution in [0.3, 0.4) is 0 Å².